The van der Waals surface area contributed by atoms with E-state index in [0.717, 1.165) is 12.8 Å². The lowest BCUT2D eigenvalue weighted by molar-refractivity contribution is 0.0111. The lowest BCUT2D eigenvalue weighted by Crippen LogP contribution is -2.64. The van der Waals surface area contributed by atoms with Crippen molar-refractivity contribution in [2.45, 2.75) is 37.9 Å². The zero-order chi connectivity index (χ0) is 11.9. The molecule has 2 bridgehead atoms. The van der Waals surface area contributed by atoms with E-state index >= 15 is 0 Å². The molecule has 4 fully saturated rings. The summed E-state index contributed by atoms with van der Waals surface area (Å²) in [5, 5.41) is 3.68. The van der Waals surface area contributed by atoms with Crippen LogP contribution in [0.3, 0.4) is 0 Å². The standard InChI is InChI=1S/C11H21N3O2S/c15-17(16)8-4-9(1-5-12-17)11-13-10-2-6-14(11)7-3-10/h9-13H,1-8H2. The molecule has 0 amide bonds. The van der Waals surface area contributed by atoms with Crippen LogP contribution in [0.1, 0.15) is 25.7 Å². The second kappa shape index (κ2) is 4.50. The number of nitrogens with one attached hydrogen (secondary N) is 2. The van der Waals surface area contributed by atoms with Gasteiger partial charge in [0.15, 0.2) is 0 Å². The molecule has 4 heterocycles. The molecule has 4 aliphatic heterocycles. The molecule has 4 rings (SSSR count). The van der Waals surface area contributed by atoms with E-state index in [1.54, 1.807) is 0 Å². The molecule has 0 aromatic rings. The summed E-state index contributed by atoms with van der Waals surface area (Å²) >= 11 is 0. The zero-order valence-corrected chi connectivity index (χ0v) is 10.9. The van der Waals surface area contributed by atoms with E-state index in [2.05, 4.69) is 14.9 Å². The van der Waals surface area contributed by atoms with Crippen molar-refractivity contribution in [3.63, 3.8) is 0 Å². The highest BCUT2D eigenvalue weighted by atomic mass is 32.2. The Morgan fingerprint density at radius 3 is 2.47 bits per heavy atom. The maximum absolute atomic E-state index is 11.5. The predicted octanol–water partition coefficient (Wildman–Crippen LogP) is -0.290. The summed E-state index contributed by atoms with van der Waals surface area (Å²) in [4.78, 5) is 2.50. The first-order chi connectivity index (χ1) is 8.14. The highest BCUT2D eigenvalue weighted by Gasteiger charge is 2.38. The molecule has 0 aliphatic carbocycles. The number of hydrogen-bond acceptors (Lipinski definition) is 4. The predicted molar refractivity (Wildman–Crippen MR) is 66.0 cm³/mol. The van der Waals surface area contributed by atoms with E-state index in [1.807, 2.05) is 0 Å². The minimum atomic E-state index is -3.00. The normalized spacial score (nSPS) is 45.4. The quantitative estimate of drug-likeness (QED) is 0.679. The van der Waals surface area contributed by atoms with Gasteiger partial charge in [-0.3, -0.25) is 10.2 Å². The molecular weight excluding hydrogens is 238 g/mol. The molecule has 5 nitrogen and oxygen atoms in total. The number of hydrogen-bond donors (Lipinski definition) is 2. The van der Waals surface area contributed by atoms with Gasteiger partial charge in [0.25, 0.3) is 0 Å². The number of sulfonamides is 1. The first-order valence-corrected chi connectivity index (χ1v) is 8.27. The van der Waals surface area contributed by atoms with Gasteiger partial charge >= 0.3 is 0 Å². The smallest absolute Gasteiger partial charge is 0.211 e. The first-order valence-electron chi connectivity index (χ1n) is 6.61. The Morgan fingerprint density at radius 2 is 1.82 bits per heavy atom. The maximum Gasteiger partial charge on any atom is 0.211 e. The summed E-state index contributed by atoms with van der Waals surface area (Å²) in [5.74, 6) is 0.761. The molecule has 4 aliphatic rings. The maximum atomic E-state index is 11.5. The molecule has 0 radical (unpaired) electrons. The number of fused-ring (bicyclic) bond motifs is 3. The van der Waals surface area contributed by atoms with Crippen LogP contribution in [0.25, 0.3) is 0 Å². The van der Waals surface area contributed by atoms with Gasteiger partial charge in [0.05, 0.1) is 11.9 Å². The summed E-state index contributed by atoms with van der Waals surface area (Å²) < 4.78 is 25.7. The van der Waals surface area contributed by atoms with Gasteiger partial charge in [0, 0.05) is 25.7 Å². The monoisotopic (exact) mass is 259 g/mol. The van der Waals surface area contributed by atoms with Crippen LogP contribution in [0.15, 0.2) is 0 Å². The van der Waals surface area contributed by atoms with Crippen molar-refractivity contribution >= 4 is 10.0 Å². The molecule has 0 aromatic heterocycles. The minimum absolute atomic E-state index is 0.286. The SMILES string of the molecule is O=S1(=O)CCC(C2NC3CCN2CC3)CCN1. The Kier molecular flexibility index (Phi) is 3.15. The number of rotatable bonds is 1. The van der Waals surface area contributed by atoms with Crippen LogP contribution >= 0.6 is 0 Å². The van der Waals surface area contributed by atoms with Crippen molar-refractivity contribution in [3.8, 4) is 0 Å². The van der Waals surface area contributed by atoms with Crippen molar-refractivity contribution in [2.75, 3.05) is 25.4 Å². The first kappa shape index (κ1) is 11.9. The molecule has 0 spiro atoms. The third kappa shape index (κ3) is 2.50. The van der Waals surface area contributed by atoms with E-state index in [9.17, 15) is 8.42 Å². The molecule has 2 atom stereocenters. The highest BCUT2D eigenvalue weighted by molar-refractivity contribution is 7.89. The van der Waals surface area contributed by atoms with Crippen LogP contribution in [-0.4, -0.2) is 50.9 Å². The van der Waals surface area contributed by atoms with Crippen molar-refractivity contribution in [2.24, 2.45) is 5.92 Å². The third-order valence-electron chi connectivity index (χ3n) is 4.37. The Bertz CT molecular complexity index is 376. The van der Waals surface area contributed by atoms with E-state index in [-0.39, 0.29) is 5.75 Å². The third-order valence-corrected chi connectivity index (χ3v) is 5.79. The van der Waals surface area contributed by atoms with Gasteiger partial charge in [-0.25, -0.2) is 13.1 Å². The lowest BCUT2D eigenvalue weighted by atomic mass is 9.90. The minimum Gasteiger partial charge on any atom is -0.299 e. The van der Waals surface area contributed by atoms with Gasteiger partial charge in [-0.15, -0.1) is 0 Å². The van der Waals surface area contributed by atoms with Crippen LogP contribution in [0, 0.1) is 5.92 Å². The number of piperidine rings is 1. The summed E-state index contributed by atoms with van der Waals surface area (Å²) in [6.07, 6.45) is 4.66. The van der Waals surface area contributed by atoms with Crippen LogP contribution in [0.4, 0.5) is 0 Å². The topological polar surface area (TPSA) is 61.4 Å². The summed E-state index contributed by atoms with van der Waals surface area (Å²) in [6, 6.07) is 0.665. The van der Waals surface area contributed by atoms with E-state index in [1.165, 1.54) is 25.9 Å². The Labute approximate surface area is 103 Å². The molecule has 2 unspecified atom stereocenters. The largest absolute Gasteiger partial charge is 0.299 e. The summed E-state index contributed by atoms with van der Waals surface area (Å²) in [7, 11) is -3.00. The van der Waals surface area contributed by atoms with Crippen molar-refractivity contribution in [1.82, 2.24) is 14.9 Å². The molecule has 2 N–H and O–H groups in total. The fraction of sp³-hybridized carbons (Fsp3) is 1.00. The van der Waals surface area contributed by atoms with Gasteiger partial charge in [-0.05, 0) is 31.6 Å². The second-order valence-corrected chi connectivity index (χ2v) is 7.40. The fourth-order valence-electron chi connectivity index (χ4n) is 3.36. The Hall–Kier alpha value is -0.170. The van der Waals surface area contributed by atoms with E-state index in [0.29, 0.717) is 24.7 Å². The lowest BCUT2D eigenvalue weighted by Gasteiger charge is -2.49. The average Bonchev–Trinajstić information content (AvgIpc) is 2.52. The molecule has 17 heavy (non-hydrogen) atoms. The fourth-order valence-corrected chi connectivity index (χ4v) is 4.55. The van der Waals surface area contributed by atoms with Gasteiger partial charge in [-0.1, -0.05) is 0 Å². The highest BCUT2D eigenvalue weighted by Crippen LogP contribution is 2.28. The molecule has 98 valence electrons. The van der Waals surface area contributed by atoms with E-state index in [4.69, 9.17) is 0 Å². The second-order valence-electron chi connectivity index (χ2n) is 5.47. The van der Waals surface area contributed by atoms with Crippen LogP contribution in [0.2, 0.25) is 0 Å². The molecule has 6 heteroatoms. The average molecular weight is 259 g/mol. The summed E-state index contributed by atoms with van der Waals surface area (Å²) in [5.41, 5.74) is 0. The van der Waals surface area contributed by atoms with Gasteiger partial charge in [0.2, 0.25) is 10.0 Å². The molecule has 4 saturated heterocycles. The van der Waals surface area contributed by atoms with Crippen LogP contribution in [-0.2, 0) is 10.0 Å². The molecular formula is C11H21N3O2S. The van der Waals surface area contributed by atoms with Gasteiger partial charge < -0.3 is 0 Å². The van der Waals surface area contributed by atoms with Crippen molar-refractivity contribution < 1.29 is 8.42 Å². The van der Waals surface area contributed by atoms with Gasteiger partial charge in [0.1, 0.15) is 0 Å². The summed E-state index contributed by atoms with van der Waals surface area (Å²) in [6.45, 7) is 2.96. The van der Waals surface area contributed by atoms with E-state index < -0.39 is 10.0 Å². The number of nitrogens with zero attached hydrogens (tertiary/aromatic N) is 1. The Morgan fingerprint density at radius 1 is 1.06 bits per heavy atom. The molecule has 0 saturated carbocycles. The van der Waals surface area contributed by atoms with Gasteiger partial charge in [-0.2, -0.15) is 0 Å². The molecule has 0 aromatic carbocycles. The van der Waals surface area contributed by atoms with Crippen molar-refractivity contribution in [1.29, 1.82) is 0 Å². The zero-order valence-electron chi connectivity index (χ0n) is 10.1. The van der Waals surface area contributed by atoms with Crippen molar-refractivity contribution in [3.05, 3.63) is 0 Å². The van der Waals surface area contributed by atoms with Crippen LogP contribution in [0.5, 0.6) is 0 Å². The Balaban J connectivity index is 1.68. The van der Waals surface area contributed by atoms with Crippen LogP contribution < -0.4 is 10.0 Å².